The molecular formula is C12H15NO3. The molecule has 1 fully saturated rings. The third-order valence-electron chi connectivity index (χ3n) is 2.85. The number of carbonyl (C=O) groups is 1. The zero-order chi connectivity index (χ0) is 11.5. The van der Waals surface area contributed by atoms with E-state index < -0.39 is 5.97 Å². The number of rotatable bonds is 4. The van der Waals surface area contributed by atoms with Crippen LogP contribution in [0, 0.1) is 0 Å². The van der Waals surface area contributed by atoms with Gasteiger partial charge in [-0.15, -0.1) is 0 Å². The van der Waals surface area contributed by atoms with Crippen LogP contribution < -0.4 is 4.74 Å². The lowest BCUT2D eigenvalue weighted by molar-refractivity contribution is 0.0693. The monoisotopic (exact) mass is 221 g/mol. The average Bonchev–Trinajstić information content (AvgIpc) is 2.23. The highest BCUT2D eigenvalue weighted by molar-refractivity contribution is 5.91. The lowest BCUT2D eigenvalue weighted by atomic mass is 10.1. The van der Waals surface area contributed by atoms with Gasteiger partial charge in [0.1, 0.15) is 11.3 Å². The fraction of sp³-hybridized carbons (Fsp3) is 0.417. The maximum Gasteiger partial charge on any atom is 0.339 e. The molecule has 0 saturated carbocycles. The van der Waals surface area contributed by atoms with Crippen molar-refractivity contribution in [1.29, 1.82) is 0 Å². The van der Waals surface area contributed by atoms with Gasteiger partial charge in [0, 0.05) is 6.54 Å². The molecule has 0 spiro atoms. The Morgan fingerprint density at radius 3 is 2.75 bits per heavy atom. The Morgan fingerprint density at radius 1 is 1.50 bits per heavy atom. The Kier molecular flexibility index (Phi) is 3.10. The first-order valence-corrected chi connectivity index (χ1v) is 5.33. The third-order valence-corrected chi connectivity index (χ3v) is 2.85. The Balaban J connectivity index is 2.20. The molecular weight excluding hydrogens is 206 g/mol. The van der Waals surface area contributed by atoms with Crippen LogP contribution in [-0.2, 0) is 6.54 Å². The molecule has 0 amide bonds. The fourth-order valence-electron chi connectivity index (χ4n) is 1.82. The second-order valence-corrected chi connectivity index (χ2v) is 3.97. The van der Waals surface area contributed by atoms with Crippen molar-refractivity contribution in [3.63, 3.8) is 0 Å². The molecule has 2 rings (SSSR count). The number of hydrogen-bond donors (Lipinski definition) is 1. The molecule has 1 heterocycles. The van der Waals surface area contributed by atoms with E-state index in [0.29, 0.717) is 5.75 Å². The van der Waals surface area contributed by atoms with Crippen molar-refractivity contribution in [1.82, 2.24) is 4.90 Å². The van der Waals surface area contributed by atoms with Crippen LogP contribution in [-0.4, -0.2) is 36.2 Å². The second kappa shape index (κ2) is 4.53. The van der Waals surface area contributed by atoms with E-state index >= 15 is 0 Å². The summed E-state index contributed by atoms with van der Waals surface area (Å²) in [6, 6.07) is 5.33. The van der Waals surface area contributed by atoms with Crippen LogP contribution in [0.25, 0.3) is 0 Å². The summed E-state index contributed by atoms with van der Waals surface area (Å²) in [6.45, 7) is 3.03. The molecule has 86 valence electrons. The predicted molar refractivity (Wildman–Crippen MR) is 59.8 cm³/mol. The molecule has 1 aliphatic heterocycles. The average molecular weight is 221 g/mol. The Hall–Kier alpha value is -1.55. The van der Waals surface area contributed by atoms with E-state index in [-0.39, 0.29) is 5.56 Å². The molecule has 0 atom stereocenters. The first-order chi connectivity index (χ1) is 7.70. The Labute approximate surface area is 94.4 Å². The number of ether oxygens (including phenoxy) is 1. The van der Waals surface area contributed by atoms with Gasteiger partial charge in [-0.2, -0.15) is 0 Å². The summed E-state index contributed by atoms with van der Waals surface area (Å²) in [5.74, 6) is -0.526. The zero-order valence-electron chi connectivity index (χ0n) is 9.27. The third kappa shape index (κ3) is 2.17. The van der Waals surface area contributed by atoms with Gasteiger partial charge < -0.3 is 9.84 Å². The predicted octanol–water partition coefficient (Wildman–Crippen LogP) is 1.60. The van der Waals surface area contributed by atoms with Gasteiger partial charge in [-0.3, -0.25) is 4.90 Å². The first kappa shape index (κ1) is 11.0. The summed E-state index contributed by atoms with van der Waals surface area (Å²) < 4.78 is 5.01. The standard InChI is InChI=1S/C12H15NO3/c1-16-11-4-3-9(7-10(11)12(14)15)8-13-5-2-6-13/h3-4,7H,2,5-6,8H2,1H3,(H,14,15). The minimum Gasteiger partial charge on any atom is -0.496 e. The van der Waals surface area contributed by atoms with Crippen LogP contribution >= 0.6 is 0 Å². The maximum absolute atomic E-state index is 11.0. The zero-order valence-corrected chi connectivity index (χ0v) is 9.27. The van der Waals surface area contributed by atoms with Crippen LogP contribution in [0.1, 0.15) is 22.3 Å². The quantitative estimate of drug-likeness (QED) is 0.839. The van der Waals surface area contributed by atoms with Gasteiger partial charge in [-0.1, -0.05) is 6.07 Å². The van der Waals surface area contributed by atoms with Gasteiger partial charge in [-0.25, -0.2) is 4.79 Å². The number of carboxylic acid groups (broad SMARTS) is 1. The molecule has 0 aromatic heterocycles. The highest BCUT2D eigenvalue weighted by atomic mass is 16.5. The number of benzene rings is 1. The van der Waals surface area contributed by atoms with E-state index in [0.717, 1.165) is 25.2 Å². The minimum absolute atomic E-state index is 0.237. The van der Waals surface area contributed by atoms with E-state index in [1.54, 1.807) is 12.1 Å². The summed E-state index contributed by atoms with van der Waals surface area (Å²) in [5.41, 5.74) is 1.26. The molecule has 0 radical (unpaired) electrons. The van der Waals surface area contributed by atoms with Crippen LogP contribution in [0.15, 0.2) is 18.2 Å². The van der Waals surface area contributed by atoms with Gasteiger partial charge in [-0.05, 0) is 37.2 Å². The summed E-state index contributed by atoms with van der Waals surface area (Å²) in [5, 5.41) is 9.03. The van der Waals surface area contributed by atoms with Crippen molar-refractivity contribution in [3.8, 4) is 5.75 Å². The lowest BCUT2D eigenvalue weighted by Crippen LogP contribution is -2.36. The van der Waals surface area contributed by atoms with Gasteiger partial charge in [0.15, 0.2) is 0 Å². The number of carboxylic acids is 1. The van der Waals surface area contributed by atoms with Crippen LogP contribution in [0.2, 0.25) is 0 Å². The molecule has 4 nitrogen and oxygen atoms in total. The van der Waals surface area contributed by atoms with E-state index in [2.05, 4.69) is 4.90 Å². The van der Waals surface area contributed by atoms with Crippen molar-refractivity contribution in [2.45, 2.75) is 13.0 Å². The molecule has 1 N–H and O–H groups in total. The fourth-order valence-corrected chi connectivity index (χ4v) is 1.82. The number of aromatic carboxylic acids is 1. The summed E-state index contributed by atoms with van der Waals surface area (Å²) >= 11 is 0. The van der Waals surface area contributed by atoms with Gasteiger partial charge in [0.2, 0.25) is 0 Å². The summed E-state index contributed by atoms with van der Waals surface area (Å²) in [6.07, 6.45) is 1.24. The Morgan fingerprint density at radius 2 is 2.25 bits per heavy atom. The molecule has 1 saturated heterocycles. The topological polar surface area (TPSA) is 49.8 Å². The molecule has 0 unspecified atom stereocenters. The second-order valence-electron chi connectivity index (χ2n) is 3.97. The number of nitrogens with zero attached hydrogens (tertiary/aromatic N) is 1. The van der Waals surface area contributed by atoms with Crippen molar-refractivity contribution in [3.05, 3.63) is 29.3 Å². The van der Waals surface area contributed by atoms with Crippen LogP contribution in [0.5, 0.6) is 5.75 Å². The molecule has 1 aromatic rings. The molecule has 16 heavy (non-hydrogen) atoms. The number of hydrogen-bond acceptors (Lipinski definition) is 3. The molecule has 0 aliphatic carbocycles. The first-order valence-electron chi connectivity index (χ1n) is 5.33. The molecule has 1 aromatic carbocycles. The number of likely N-dealkylation sites (tertiary alicyclic amines) is 1. The normalized spacial score (nSPS) is 15.6. The largest absolute Gasteiger partial charge is 0.496 e. The summed E-state index contributed by atoms with van der Waals surface area (Å²) in [7, 11) is 1.48. The van der Waals surface area contributed by atoms with Crippen molar-refractivity contribution in [2.24, 2.45) is 0 Å². The van der Waals surface area contributed by atoms with Crippen molar-refractivity contribution >= 4 is 5.97 Å². The van der Waals surface area contributed by atoms with Crippen molar-refractivity contribution < 1.29 is 14.6 Å². The van der Waals surface area contributed by atoms with E-state index in [4.69, 9.17) is 9.84 Å². The highest BCUT2D eigenvalue weighted by Crippen LogP contribution is 2.21. The Bertz CT molecular complexity index is 399. The van der Waals surface area contributed by atoms with E-state index in [9.17, 15) is 4.79 Å². The van der Waals surface area contributed by atoms with Crippen molar-refractivity contribution in [2.75, 3.05) is 20.2 Å². The van der Waals surface area contributed by atoms with E-state index in [1.807, 2.05) is 6.07 Å². The molecule has 0 bridgehead atoms. The van der Waals surface area contributed by atoms with Gasteiger partial charge in [0.25, 0.3) is 0 Å². The number of methoxy groups -OCH3 is 1. The van der Waals surface area contributed by atoms with Gasteiger partial charge in [0.05, 0.1) is 7.11 Å². The minimum atomic E-state index is -0.942. The highest BCUT2D eigenvalue weighted by Gasteiger charge is 2.16. The van der Waals surface area contributed by atoms with Gasteiger partial charge >= 0.3 is 5.97 Å². The summed E-state index contributed by atoms with van der Waals surface area (Å²) in [4.78, 5) is 13.3. The van der Waals surface area contributed by atoms with Crippen LogP contribution in [0.4, 0.5) is 0 Å². The lowest BCUT2D eigenvalue weighted by Gasteiger charge is -2.30. The van der Waals surface area contributed by atoms with E-state index in [1.165, 1.54) is 13.5 Å². The molecule has 4 heteroatoms. The SMILES string of the molecule is COc1ccc(CN2CCC2)cc1C(=O)O. The maximum atomic E-state index is 11.0. The van der Waals surface area contributed by atoms with Crippen LogP contribution in [0.3, 0.4) is 0 Å². The molecule has 1 aliphatic rings. The smallest absolute Gasteiger partial charge is 0.339 e.